The summed E-state index contributed by atoms with van der Waals surface area (Å²) in [7, 11) is 2.15. The van der Waals surface area contributed by atoms with Crippen LogP contribution in [0.2, 0.25) is 0 Å². The summed E-state index contributed by atoms with van der Waals surface area (Å²) in [6.45, 7) is 6.26. The molecule has 0 saturated carbocycles. The van der Waals surface area contributed by atoms with Crippen LogP contribution in [0.5, 0.6) is 0 Å². The van der Waals surface area contributed by atoms with E-state index in [-0.39, 0.29) is 5.82 Å². The largest absolute Gasteiger partial charge is 0.306 e. The van der Waals surface area contributed by atoms with E-state index in [9.17, 15) is 4.39 Å². The molecule has 2 heteroatoms. The molecule has 0 radical (unpaired) electrons. The Morgan fingerprint density at radius 3 is 2.12 bits per heavy atom. The van der Waals surface area contributed by atoms with Crippen LogP contribution in [0.15, 0.2) is 29.8 Å². The van der Waals surface area contributed by atoms with Crippen molar-refractivity contribution in [2.24, 2.45) is 0 Å². The van der Waals surface area contributed by atoms with Gasteiger partial charge in [0.15, 0.2) is 0 Å². The van der Waals surface area contributed by atoms with Crippen LogP contribution in [0, 0.1) is 5.82 Å². The molecule has 0 atom stereocenters. The van der Waals surface area contributed by atoms with Crippen molar-refractivity contribution in [2.75, 3.05) is 20.1 Å². The lowest BCUT2D eigenvalue weighted by Crippen LogP contribution is -2.26. The Labute approximate surface area is 104 Å². The van der Waals surface area contributed by atoms with Gasteiger partial charge in [0.25, 0.3) is 0 Å². The lowest BCUT2D eigenvalue weighted by molar-refractivity contribution is 0.313. The van der Waals surface area contributed by atoms with Crippen molar-refractivity contribution in [3.8, 4) is 0 Å². The van der Waals surface area contributed by atoms with Crippen LogP contribution in [0.3, 0.4) is 0 Å². The molecular formula is C15H22FN. The van der Waals surface area contributed by atoms with Crippen molar-refractivity contribution in [1.29, 1.82) is 0 Å². The van der Waals surface area contributed by atoms with E-state index in [1.807, 2.05) is 26.0 Å². The first-order valence-electron chi connectivity index (χ1n) is 6.37. The zero-order chi connectivity index (χ0) is 12.7. The number of rotatable bonds is 1. The molecule has 1 saturated heterocycles. The molecule has 0 spiro atoms. The maximum absolute atomic E-state index is 12.7. The summed E-state index contributed by atoms with van der Waals surface area (Å²) in [5.41, 5.74) is 2.58. The highest BCUT2D eigenvalue weighted by molar-refractivity contribution is 5.52. The predicted octanol–water partition coefficient (Wildman–Crippen LogP) is 3.96. The van der Waals surface area contributed by atoms with E-state index in [1.54, 1.807) is 0 Å². The minimum atomic E-state index is -0.166. The Bertz CT molecular complexity index is 344. The van der Waals surface area contributed by atoms with Gasteiger partial charge in [-0.15, -0.1) is 0 Å². The number of halogens is 1. The van der Waals surface area contributed by atoms with Crippen LogP contribution in [0.25, 0.3) is 6.08 Å². The second-order valence-electron chi connectivity index (χ2n) is 4.16. The molecule has 0 aromatic heterocycles. The van der Waals surface area contributed by atoms with Crippen LogP contribution in [-0.4, -0.2) is 25.0 Å². The summed E-state index contributed by atoms with van der Waals surface area (Å²) < 4.78 is 12.7. The van der Waals surface area contributed by atoms with Gasteiger partial charge in [0.05, 0.1) is 0 Å². The average molecular weight is 235 g/mol. The summed E-state index contributed by atoms with van der Waals surface area (Å²) in [6.07, 6.45) is 4.45. The van der Waals surface area contributed by atoms with E-state index >= 15 is 0 Å². The number of benzene rings is 1. The molecule has 1 aromatic rings. The molecule has 1 heterocycles. The molecule has 2 rings (SSSR count). The Balaban J connectivity index is 0.000000686. The zero-order valence-corrected chi connectivity index (χ0v) is 11.0. The predicted molar refractivity (Wildman–Crippen MR) is 72.5 cm³/mol. The normalized spacial score (nSPS) is 16.1. The fourth-order valence-electron chi connectivity index (χ4n) is 1.84. The highest BCUT2D eigenvalue weighted by Crippen LogP contribution is 2.18. The van der Waals surface area contributed by atoms with Crippen molar-refractivity contribution in [3.05, 3.63) is 41.2 Å². The minimum Gasteiger partial charge on any atom is -0.306 e. The summed E-state index contributed by atoms with van der Waals surface area (Å²) in [5, 5.41) is 0. The van der Waals surface area contributed by atoms with Gasteiger partial charge in [-0.25, -0.2) is 4.39 Å². The Hall–Kier alpha value is -1.15. The van der Waals surface area contributed by atoms with E-state index in [0.29, 0.717) is 0 Å². The molecule has 0 aliphatic carbocycles. The first-order valence-corrected chi connectivity index (χ1v) is 6.37. The van der Waals surface area contributed by atoms with Gasteiger partial charge in [-0.1, -0.05) is 37.6 Å². The van der Waals surface area contributed by atoms with Gasteiger partial charge in [-0.2, -0.15) is 0 Å². The summed E-state index contributed by atoms with van der Waals surface area (Å²) in [4.78, 5) is 2.34. The summed E-state index contributed by atoms with van der Waals surface area (Å²) in [6, 6.07) is 6.70. The quantitative estimate of drug-likeness (QED) is 0.712. The molecule has 0 bridgehead atoms. The molecule has 1 nitrogen and oxygen atoms in total. The number of piperidine rings is 1. The van der Waals surface area contributed by atoms with Crippen molar-refractivity contribution >= 4 is 6.08 Å². The monoisotopic (exact) mass is 235 g/mol. The number of likely N-dealkylation sites (tertiary alicyclic amines) is 1. The van der Waals surface area contributed by atoms with E-state index in [4.69, 9.17) is 0 Å². The fraction of sp³-hybridized carbons (Fsp3) is 0.467. The zero-order valence-electron chi connectivity index (χ0n) is 11.0. The molecule has 17 heavy (non-hydrogen) atoms. The third-order valence-corrected chi connectivity index (χ3v) is 2.87. The Morgan fingerprint density at radius 1 is 1.06 bits per heavy atom. The van der Waals surface area contributed by atoms with E-state index in [2.05, 4.69) is 18.0 Å². The van der Waals surface area contributed by atoms with Crippen molar-refractivity contribution in [2.45, 2.75) is 26.7 Å². The van der Waals surface area contributed by atoms with Crippen LogP contribution in [0.1, 0.15) is 32.3 Å². The van der Waals surface area contributed by atoms with Gasteiger partial charge in [-0.05, 0) is 37.6 Å². The number of hydrogen-bond donors (Lipinski definition) is 0. The van der Waals surface area contributed by atoms with E-state index in [1.165, 1.54) is 17.7 Å². The summed E-state index contributed by atoms with van der Waals surface area (Å²) in [5.74, 6) is -0.166. The molecular weight excluding hydrogens is 213 g/mol. The van der Waals surface area contributed by atoms with E-state index < -0.39 is 0 Å². The van der Waals surface area contributed by atoms with Crippen LogP contribution >= 0.6 is 0 Å². The number of hydrogen-bond acceptors (Lipinski definition) is 1. The van der Waals surface area contributed by atoms with Crippen molar-refractivity contribution in [1.82, 2.24) is 4.90 Å². The van der Waals surface area contributed by atoms with Gasteiger partial charge >= 0.3 is 0 Å². The van der Waals surface area contributed by atoms with Gasteiger partial charge in [0, 0.05) is 13.1 Å². The first-order chi connectivity index (χ1) is 8.24. The molecule has 0 N–H and O–H groups in total. The van der Waals surface area contributed by atoms with Crippen LogP contribution in [0.4, 0.5) is 4.39 Å². The molecule has 0 amide bonds. The van der Waals surface area contributed by atoms with Crippen LogP contribution in [-0.2, 0) is 0 Å². The van der Waals surface area contributed by atoms with Gasteiger partial charge < -0.3 is 4.90 Å². The number of nitrogens with zero attached hydrogens (tertiary/aromatic N) is 1. The highest BCUT2D eigenvalue weighted by atomic mass is 19.1. The first kappa shape index (κ1) is 13.9. The third-order valence-electron chi connectivity index (χ3n) is 2.87. The molecule has 1 aliphatic heterocycles. The second-order valence-corrected chi connectivity index (χ2v) is 4.16. The average Bonchev–Trinajstić information content (AvgIpc) is 2.37. The maximum atomic E-state index is 12.7. The highest BCUT2D eigenvalue weighted by Gasteiger charge is 2.09. The Morgan fingerprint density at radius 2 is 1.59 bits per heavy atom. The van der Waals surface area contributed by atoms with Gasteiger partial charge in [0.1, 0.15) is 5.82 Å². The molecule has 1 fully saturated rings. The Kier molecular flexibility index (Phi) is 5.92. The molecule has 1 aliphatic rings. The lowest BCUT2D eigenvalue weighted by Gasteiger charge is -2.24. The molecule has 94 valence electrons. The molecule has 1 aromatic carbocycles. The van der Waals surface area contributed by atoms with Gasteiger partial charge in [-0.3, -0.25) is 0 Å². The van der Waals surface area contributed by atoms with Gasteiger partial charge in [0.2, 0.25) is 0 Å². The summed E-state index contributed by atoms with van der Waals surface area (Å²) >= 11 is 0. The topological polar surface area (TPSA) is 3.24 Å². The third kappa shape index (κ3) is 4.70. The standard InChI is InChI=1S/C13H16FN.C2H6/c1-15-8-6-12(7-9-15)10-11-2-4-13(14)5-3-11;1-2/h2-5,10H,6-9H2,1H3;1-2H3. The van der Waals surface area contributed by atoms with E-state index in [0.717, 1.165) is 31.5 Å². The minimum absolute atomic E-state index is 0.166. The van der Waals surface area contributed by atoms with Crippen LogP contribution < -0.4 is 0 Å². The lowest BCUT2D eigenvalue weighted by atomic mass is 10.0. The SMILES string of the molecule is CC.CN1CCC(=Cc2ccc(F)cc2)CC1. The fourth-order valence-corrected chi connectivity index (χ4v) is 1.84. The van der Waals surface area contributed by atoms with Crippen molar-refractivity contribution in [3.63, 3.8) is 0 Å². The maximum Gasteiger partial charge on any atom is 0.123 e. The molecule has 0 unspecified atom stereocenters. The second kappa shape index (κ2) is 7.23. The van der Waals surface area contributed by atoms with Crippen molar-refractivity contribution < 1.29 is 4.39 Å². The smallest absolute Gasteiger partial charge is 0.123 e.